The van der Waals surface area contributed by atoms with Crippen LogP contribution in [-0.2, 0) is 11.8 Å². The molecule has 3 rings (SSSR count). The molecular weight excluding hydrogens is 322 g/mol. The molecule has 2 aromatic heterocycles. The van der Waals surface area contributed by atoms with Crippen LogP contribution in [0.2, 0.25) is 0 Å². The third-order valence-corrected chi connectivity index (χ3v) is 3.74. The molecule has 0 N–H and O–H groups in total. The van der Waals surface area contributed by atoms with E-state index in [0.29, 0.717) is 11.3 Å². The lowest BCUT2D eigenvalue weighted by molar-refractivity contribution is 0.0450. The van der Waals surface area contributed by atoms with E-state index in [2.05, 4.69) is 10.1 Å². The van der Waals surface area contributed by atoms with Crippen LogP contribution in [0.3, 0.4) is 0 Å². The molecule has 0 atom stereocenters. The Morgan fingerprint density at radius 3 is 2.60 bits per heavy atom. The molecule has 0 saturated heterocycles. The molecule has 130 valence electrons. The largest absolute Gasteiger partial charge is 0.497 e. The summed E-state index contributed by atoms with van der Waals surface area (Å²) in [6.45, 7) is 2.29. The number of methoxy groups -OCH3 is 1. The number of aromatic nitrogens is 3. The molecule has 0 bridgehead atoms. The molecule has 0 aliphatic carbocycles. The Labute approximate surface area is 145 Å². The Morgan fingerprint density at radius 2 is 1.88 bits per heavy atom. The van der Waals surface area contributed by atoms with Crippen molar-refractivity contribution in [2.24, 2.45) is 7.05 Å². The van der Waals surface area contributed by atoms with Crippen molar-refractivity contribution < 1.29 is 19.0 Å². The lowest BCUT2D eigenvalue weighted by atomic mass is 10.2. The molecule has 0 aliphatic rings. The summed E-state index contributed by atoms with van der Waals surface area (Å²) in [6, 6.07) is 8.95. The standard InChI is InChI=1S/C18H19N3O4/c1-12-16-10-13(11-19-17(16)21(2)20-12)18(22)25-9-8-24-15-6-4-14(23-3)5-7-15/h4-7,10-11H,8-9H2,1-3H3. The van der Waals surface area contributed by atoms with Crippen LogP contribution < -0.4 is 9.47 Å². The minimum Gasteiger partial charge on any atom is -0.497 e. The maximum Gasteiger partial charge on any atom is 0.339 e. The van der Waals surface area contributed by atoms with Crippen LogP contribution in [0.5, 0.6) is 11.5 Å². The normalized spacial score (nSPS) is 10.7. The second kappa shape index (κ2) is 7.21. The summed E-state index contributed by atoms with van der Waals surface area (Å²) in [5.41, 5.74) is 1.95. The number of fused-ring (bicyclic) bond motifs is 1. The average Bonchev–Trinajstić information content (AvgIpc) is 2.92. The number of pyridine rings is 1. The van der Waals surface area contributed by atoms with Crippen LogP contribution >= 0.6 is 0 Å². The van der Waals surface area contributed by atoms with Gasteiger partial charge in [-0.15, -0.1) is 0 Å². The van der Waals surface area contributed by atoms with Gasteiger partial charge in [-0.3, -0.25) is 4.68 Å². The van der Waals surface area contributed by atoms with Crippen molar-refractivity contribution in [3.63, 3.8) is 0 Å². The second-order valence-electron chi connectivity index (χ2n) is 5.46. The van der Waals surface area contributed by atoms with Gasteiger partial charge in [-0.2, -0.15) is 5.10 Å². The van der Waals surface area contributed by atoms with Crippen molar-refractivity contribution in [3.05, 3.63) is 47.8 Å². The minimum atomic E-state index is -0.434. The summed E-state index contributed by atoms with van der Waals surface area (Å²) in [7, 11) is 3.42. The average molecular weight is 341 g/mol. The number of ether oxygens (including phenoxy) is 3. The van der Waals surface area contributed by atoms with Gasteiger partial charge in [-0.1, -0.05) is 0 Å². The molecule has 0 radical (unpaired) electrons. The highest BCUT2D eigenvalue weighted by molar-refractivity contribution is 5.93. The number of hydrogen-bond acceptors (Lipinski definition) is 6. The van der Waals surface area contributed by atoms with Gasteiger partial charge in [0.15, 0.2) is 5.65 Å². The van der Waals surface area contributed by atoms with Gasteiger partial charge in [-0.25, -0.2) is 9.78 Å². The minimum absolute atomic E-state index is 0.148. The molecule has 0 amide bonds. The van der Waals surface area contributed by atoms with Crippen LogP contribution in [0.15, 0.2) is 36.5 Å². The summed E-state index contributed by atoms with van der Waals surface area (Å²) in [5, 5.41) is 5.12. The molecule has 3 aromatic rings. The number of hydrogen-bond donors (Lipinski definition) is 0. The summed E-state index contributed by atoms with van der Waals surface area (Å²) in [6.07, 6.45) is 1.50. The number of aryl methyl sites for hydroxylation is 2. The van der Waals surface area contributed by atoms with Crippen molar-refractivity contribution in [3.8, 4) is 11.5 Å². The van der Waals surface area contributed by atoms with E-state index in [1.54, 1.807) is 42.1 Å². The predicted molar refractivity (Wildman–Crippen MR) is 92.0 cm³/mol. The van der Waals surface area contributed by atoms with E-state index in [4.69, 9.17) is 14.2 Å². The zero-order chi connectivity index (χ0) is 17.8. The Morgan fingerprint density at radius 1 is 1.16 bits per heavy atom. The first kappa shape index (κ1) is 16.8. The lowest BCUT2D eigenvalue weighted by Crippen LogP contribution is -2.12. The number of carbonyl (C=O) groups is 1. The third-order valence-electron chi connectivity index (χ3n) is 3.74. The van der Waals surface area contributed by atoms with Gasteiger partial charge in [0.05, 0.1) is 18.4 Å². The van der Waals surface area contributed by atoms with E-state index in [1.165, 1.54) is 6.20 Å². The second-order valence-corrected chi connectivity index (χ2v) is 5.46. The zero-order valence-corrected chi connectivity index (χ0v) is 14.4. The van der Waals surface area contributed by atoms with Gasteiger partial charge in [0.25, 0.3) is 0 Å². The Bertz CT molecular complexity index is 887. The zero-order valence-electron chi connectivity index (χ0n) is 14.4. The molecule has 2 heterocycles. The van der Waals surface area contributed by atoms with Gasteiger partial charge >= 0.3 is 5.97 Å². The van der Waals surface area contributed by atoms with E-state index >= 15 is 0 Å². The van der Waals surface area contributed by atoms with E-state index in [0.717, 1.165) is 22.5 Å². The molecular formula is C18H19N3O4. The van der Waals surface area contributed by atoms with Crippen molar-refractivity contribution >= 4 is 17.0 Å². The van der Waals surface area contributed by atoms with Gasteiger partial charge in [0.2, 0.25) is 0 Å². The maximum absolute atomic E-state index is 12.1. The van der Waals surface area contributed by atoms with E-state index in [9.17, 15) is 4.79 Å². The molecule has 7 heteroatoms. The monoisotopic (exact) mass is 341 g/mol. The molecule has 0 unspecified atom stereocenters. The van der Waals surface area contributed by atoms with Crippen LogP contribution in [0.1, 0.15) is 16.1 Å². The Hall–Kier alpha value is -3.09. The molecule has 1 aromatic carbocycles. The van der Waals surface area contributed by atoms with Gasteiger partial charge in [-0.05, 0) is 37.3 Å². The van der Waals surface area contributed by atoms with E-state index in [-0.39, 0.29) is 13.2 Å². The highest BCUT2D eigenvalue weighted by atomic mass is 16.6. The number of rotatable bonds is 6. The van der Waals surface area contributed by atoms with Crippen LogP contribution in [0.4, 0.5) is 0 Å². The summed E-state index contributed by atoms with van der Waals surface area (Å²) in [4.78, 5) is 16.4. The summed E-state index contributed by atoms with van der Waals surface area (Å²) >= 11 is 0. The lowest BCUT2D eigenvalue weighted by Gasteiger charge is -2.08. The quantitative estimate of drug-likeness (QED) is 0.506. The van der Waals surface area contributed by atoms with E-state index < -0.39 is 5.97 Å². The number of benzene rings is 1. The third kappa shape index (κ3) is 3.71. The molecule has 0 aliphatic heterocycles. The first-order valence-electron chi connectivity index (χ1n) is 7.82. The Kier molecular flexibility index (Phi) is 4.83. The smallest absolute Gasteiger partial charge is 0.339 e. The van der Waals surface area contributed by atoms with Crippen molar-refractivity contribution in [2.75, 3.05) is 20.3 Å². The number of carbonyl (C=O) groups excluding carboxylic acids is 1. The molecule has 0 fully saturated rings. The molecule has 7 nitrogen and oxygen atoms in total. The highest BCUT2D eigenvalue weighted by Gasteiger charge is 2.12. The van der Waals surface area contributed by atoms with Crippen LogP contribution in [-0.4, -0.2) is 41.1 Å². The Balaban J connectivity index is 1.54. The van der Waals surface area contributed by atoms with Crippen LogP contribution in [0.25, 0.3) is 11.0 Å². The molecule has 0 saturated carbocycles. The summed E-state index contributed by atoms with van der Waals surface area (Å²) < 4.78 is 17.5. The van der Waals surface area contributed by atoms with Crippen molar-refractivity contribution in [1.29, 1.82) is 0 Å². The van der Waals surface area contributed by atoms with Crippen LogP contribution in [0, 0.1) is 6.92 Å². The van der Waals surface area contributed by atoms with Gasteiger partial charge in [0.1, 0.15) is 24.7 Å². The summed E-state index contributed by atoms with van der Waals surface area (Å²) in [5.74, 6) is 1.01. The number of nitrogens with zero attached hydrogens (tertiary/aromatic N) is 3. The predicted octanol–water partition coefficient (Wildman–Crippen LogP) is 2.52. The molecule has 0 spiro atoms. The van der Waals surface area contributed by atoms with Crippen molar-refractivity contribution in [2.45, 2.75) is 6.92 Å². The van der Waals surface area contributed by atoms with E-state index in [1.807, 2.05) is 14.0 Å². The number of esters is 1. The first-order chi connectivity index (χ1) is 12.1. The fourth-order valence-corrected chi connectivity index (χ4v) is 2.47. The fraction of sp³-hybridized carbons (Fsp3) is 0.278. The molecule has 25 heavy (non-hydrogen) atoms. The maximum atomic E-state index is 12.1. The highest BCUT2D eigenvalue weighted by Crippen LogP contribution is 2.18. The van der Waals surface area contributed by atoms with Gasteiger partial charge < -0.3 is 14.2 Å². The van der Waals surface area contributed by atoms with Crippen molar-refractivity contribution in [1.82, 2.24) is 14.8 Å². The fourth-order valence-electron chi connectivity index (χ4n) is 2.47. The first-order valence-corrected chi connectivity index (χ1v) is 7.82. The topological polar surface area (TPSA) is 75.5 Å². The van der Waals surface area contributed by atoms with Gasteiger partial charge in [0, 0.05) is 18.6 Å². The SMILES string of the molecule is COc1ccc(OCCOC(=O)c2cnc3c(c2)c(C)nn3C)cc1.